The summed E-state index contributed by atoms with van der Waals surface area (Å²) >= 11 is 0. The minimum atomic E-state index is -0.619. The third kappa shape index (κ3) is 2.88. The molecular weight excluding hydrogens is 306 g/mol. The van der Waals surface area contributed by atoms with Crippen molar-refractivity contribution < 1.29 is 14.3 Å². The molecule has 0 radical (unpaired) electrons. The van der Waals surface area contributed by atoms with Gasteiger partial charge in [0.15, 0.2) is 12.4 Å². The van der Waals surface area contributed by atoms with Crippen LogP contribution in [0, 0.1) is 11.3 Å². The van der Waals surface area contributed by atoms with E-state index in [1.165, 1.54) is 24.3 Å². The van der Waals surface area contributed by atoms with E-state index in [9.17, 15) is 9.59 Å². The standard InChI is InChI=1S/C18H13N3O3/c1-21-15-5-3-2-4-14(15)20-17(21)16(22)11-24-18(23)13-8-6-12(10-19)7-9-13/h2-9H,11H2,1H3. The predicted molar refractivity (Wildman–Crippen MR) is 86.5 cm³/mol. The number of hydrogen-bond acceptors (Lipinski definition) is 5. The van der Waals surface area contributed by atoms with Gasteiger partial charge >= 0.3 is 5.97 Å². The number of aryl methyl sites for hydroxylation is 1. The molecule has 0 fully saturated rings. The van der Waals surface area contributed by atoms with Crippen LogP contribution >= 0.6 is 0 Å². The number of benzene rings is 2. The maximum Gasteiger partial charge on any atom is 0.338 e. The second-order valence-electron chi connectivity index (χ2n) is 5.17. The number of rotatable bonds is 4. The Kier molecular flexibility index (Phi) is 4.08. The first kappa shape index (κ1) is 15.4. The topological polar surface area (TPSA) is 85.0 Å². The van der Waals surface area contributed by atoms with Gasteiger partial charge in [0, 0.05) is 7.05 Å². The summed E-state index contributed by atoms with van der Waals surface area (Å²) in [6.45, 7) is -0.393. The Morgan fingerprint density at radius 1 is 1.17 bits per heavy atom. The average Bonchev–Trinajstić information content (AvgIpc) is 2.96. The Balaban J connectivity index is 1.71. The number of nitrogens with zero attached hydrogens (tertiary/aromatic N) is 3. The highest BCUT2D eigenvalue weighted by molar-refractivity contribution is 5.99. The van der Waals surface area contributed by atoms with Crippen molar-refractivity contribution in [2.45, 2.75) is 0 Å². The molecule has 0 atom stereocenters. The summed E-state index contributed by atoms with van der Waals surface area (Å²) in [4.78, 5) is 28.5. The van der Waals surface area contributed by atoms with Crippen LogP contribution in [0.25, 0.3) is 11.0 Å². The fourth-order valence-electron chi connectivity index (χ4n) is 2.35. The summed E-state index contributed by atoms with van der Waals surface area (Å²) in [6, 6.07) is 15.4. The first-order valence-corrected chi connectivity index (χ1v) is 7.22. The number of imidazole rings is 1. The monoisotopic (exact) mass is 319 g/mol. The predicted octanol–water partition coefficient (Wildman–Crippen LogP) is 2.48. The zero-order chi connectivity index (χ0) is 17.1. The highest BCUT2D eigenvalue weighted by Gasteiger charge is 2.17. The van der Waals surface area contributed by atoms with Crippen molar-refractivity contribution >= 4 is 22.8 Å². The third-order valence-electron chi connectivity index (χ3n) is 3.62. The molecule has 6 heteroatoms. The Morgan fingerprint density at radius 3 is 2.54 bits per heavy atom. The maximum atomic E-state index is 12.3. The number of esters is 1. The number of hydrogen-bond donors (Lipinski definition) is 0. The van der Waals surface area contributed by atoms with E-state index >= 15 is 0 Å². The van der Waals surface area contributed by atoms with Crippen molar-refractivity contribution in [1.82, 2.24) is 9.55 Å². The van der Waals surface area contributed by atoms with Gasteiger partial charge in [-0.05, 0) is 36.4 Å². The van der Waals surface area contributed by atoms with Crippen LogP contribution < -0.4 is 0 Å². The molecule has 0 aliphatic carbocycles. The fourth-order valence-corrected chi connectivity index (χ4v) is 2.35. The minimum Gasteiger partial charge on any atom is -0.454 e. The molecule has 0 aliphatic heterocycles. The van der Waals surface area contributed by atoms with E-state index in [-0.39, 0.29) is 17.2 Å². The van der Waals surface area contributed by atoms with Crippen LogP contribution in [0.15, 0.2) is 48.5 Å². The number of ketones is 1. The number of fused-ring (bicyclic) bond motifs is 1. The van der Waals surface area contributed by atoms with Gasteiger partial charge in [-0.1, -0.05) is 12.1 Å². The lowest BCUT2D eigenvalue weighted by atomic mass is 10.1. The van der Waals surface area contributed by atoms with Gasteiger partial charge in [0.05, 0.1) is 28.2 Å². The number of carbonyl (C=O) groups is 2. The maximum absolute atomic E-state index is 12.3. The summed E-state index contributed by atoms with van der Waals surface area (Å²) in [6.07, 6.45) is 0. The van der Waals surface area contributed by atoms with Gasteiger partial charge in [-0.3, -0.25) is 4.79 Å². The molecular formula is C18H13N3O3. The van der Waals surface area contributed by atoms with Crippen LogP contribution in [0.5, 0.6) is 0 Å². The highest BCUT2D eigenvalue weighted by atomic mass is 16.5. The first-order chi connectivity index (χ1) is 11.6. The van der Waals surface area contributed by atoms with Crippen molar-refractivity contribution in [3.63, 3.8) is 0 Å². The lowest BCUT2D eigenvalue weighted by Gasteiger charge is -2.04. The second-order valence-corrected chi connectivity index (χ2v) is 5.17. The van der Waals surface area contributed by atoms with E-state index in [0.717, 1.165) is 5.52 Å². The molecule has 0 saturated heterocycles. The molecule has 6 nitrogen and oxygen atoms in total. The van der Waals surface area contributed by atoms with Crippen LogP contribution in [0.1, 0.15) is 26.5 Å². The van der Waals surface area contributed by atoms with Crippen molar-refractivity contribution in [3.8, 4) is 6.07 Å². The van der Waals surface area contributed by atoms with Crippen molar-refractivity contribution in [2.24, 2.45) is 7.05 Å². The second kappa shape index (κ2) is 6.34. The van der Waals surface area contributed by atoms with Crippen LogP contribution in [0.2, 0.25) is 0 Å². The number of aromatic nitrogens is 2. The summed E-state index contributed by atoms with van der Waals surface area (Å²) < 4.78 is 6.72. The first-order valence-electron chi connectivity index (χ1n) is 7.22. The summed E-state index contributed by atoms with van der Waals surface area (Å²) in [5.74, 6) is -0.758. The lowest BCUT2D eigenvalue weighted by Crippen LogP contribution is -2.17. The SMILES string of the molecule is Cn1c(C(=O)COC(=O)c2ccc(C#N)cc2)nc2ccccc21. The van der Waals surface area contributed by atoms with E-state index in [4.69, 9.17) is 10.00 Å². The molecule has 0 spiro atoms. The van der Waals surface area contributed by atoms with Crippen LogP contribution in [-0.2, 0) is 11.8 Å². The molecule has 0 saturated carbocycles. The van der Waals surface area contributed by atoms with E-state index in [1.54, 1.807) is 11.6 Å². The Hall–Kier alpha value is -3.46. The number of para-hydroxylation sites is 2. The molecule has 3 rings (SSSR count). The summed E-state index contributed by atoms with van der Waals surface area (Å²) in [5, 5.41) is 8.74. The van der Waals surface area contributed by atoms with Gasteiger partial charge in [0.2, 0.25) is 5.78 Å². The summed E-state index contributed by atoms with van der Waals surface area (Å²) in [5.41, 5.74) is 2.27. The molecule has 1 aromatic heterocycles. The van der Waals surface area contributed by atoms with Gasteiger partial charge in [-0.25, -0.2) is 9.78 Å². The van der Waals surface area contributed by atoms with E-state index < -0.39 is 12.6 Å². The largest absolute Gasteiger partial charge is 0.454 e. The number of carbonyl (C=O) groups excluding carboxylic acids is 2. The molecule has 0 amide bonds. The van der Waals surface area contributed by atoms with E-state index in [1.807, 2.05) is 30.3 Å². The Labute approximate surface area is 137 Å². The molecule has 24 heavy (non-hydrogen) atoms. The Morgan fingerprint density at radius 2 is 1.88 bits per heavy atom. The van der Waals surface area contributed by atoms with Gasteiger partial charge in [0.1, 0.15) is 0 Å². The molecule has 0 unspecified atom stereocenters. The molecule has 0 bridgehead atoms. The lowest BCUT2D eigenvalue weighted by molar-refractivity contribution is 0.0471. The van der Waals surface area contributed by atoms with E-state index in [2.05, 4.69) is 4.98 Å². The number of nitriles is 1. The number of Topliss-reactive ketones (excluding diaryl/α,β-unsaturated/α-hetero) is 1. The van der Waals surface area contributed by atoms with Crippen LogP contribution in [-0.4, -0.2) is 27.9 Å². The average molecular weight is 319 g/mol. The zero-order valence-corrected chi connectivity index (χ0v) is 12.9. The smallest absolute Gasteiger partial charge is 0.338 e. The molecule has 2 aromatic carbocycles. The third-order valence-corrected chi connectivity index (χ3v) is 3.62. The van der Waals surface area contributed by atoms with Gasteiger partial charge < -0.3 is 9.30 Å². The molecule has 1 heterocycles. The zero-order valence-electron chi connectivity index (χ0n) is 12.9. The van der Waals surface area contributed by atoms with E-state index in [0.29, 0.717) is 11.1 Å². The number of ether oxygens (including phenoxy) is 1. The van der Waals surface area contributed by atoms with Gasteiger partial charge in [-0.15, -0.1) is 0 Å². The van der Waals surface area contributed by atoms with Crippen LogP contribution in [0.4, 0.5) is 0 Å². The normalized spacial score (nSPS) is 10.3. The molecule has 0 aliphatic rings. The highest BCUT2D eigenvalue weighted by Crippen LogP contribution is 2.15. The van der Waals surface area contributed by atoms with Gasteiger partial charge in [-0.2, -0.15) is 5.26 Å². The summed E-state index contributed by atoms with van der Waals surface area (Å²) in [7, 11) is 1.74. The van der Waals surface area contributed by atoms with Gasteiger partial charge in [0.25, 0.3) is 0 Å². The van der Waals surface area contributed by atoms with Crippen molar-refractivity contribution in [3.05, 3.63) is 65.5 Å². The van der Waals surface area contributed by atoms with Crippen molar-refractivity contribution in [2.75, 3.05) is 6.61 Å². The molecule has 118 valence electrons. The van der Waals surface area contributed by atoms with Crippen molar-refractivity contribution in [1.29, 1.82) is 5.26 Å². The van der Waals surface area contributed by atoms with Crippen LogP contribution in [0.3, 0.4) is 0 Å². The molecule has 0 N–H and O–H groups in total. The quantitative estimate of drug-likeness (QED) is 0.545. The molecule has 3 aromatic rings. The minimum absolute atomic E-state index is 0.240. The fraction of sp³-hybridized carbons (Fsp3) is 0.111. The Bertz CT molecular complexity index is 965.